The molecule has 4 bridgehead atoms. The van der Waals surface area contributed by atoms with Crippen molar-refractivity contribution in [2.24, 2.45) is 17.3 Å². The van der Waals surface area contributed by atoms with Crippen LogP contribution in [0.2, 0.25) is 0 Å². The van der Waals surface area contributed by atoms with Gasteiger partial charge in [-0.1, -0.05) is 18.2 Å². The van der Waals surface area contributed by atoms with Crippen LogP contribution in [-0.2, 0) is 4.79 Å². The Morgan fingerprint density at radius 3 is 2.43 bits per heavy atom. The van der Waals surface area contributed by atoms with E-state index in [1.54, 1.807) is 0 Å². The number of rotatable bonds is 3. The van der Waals surface area contributed by atoms with Crippen molar-refractivity contribution in [3.63, 3.8) is 0 Å². The van der Waals surface area contributed by atoms with E-state index in [1.807, 2.05) is 30.3 Å². The molecule has 0 radical (unpaired) electrons. The molecule has 2 unspecified atom stereocenters. The lowest BCUT2D eigenvalue weighted by Gasteiger charge is -2.60. The van der Waals surface area contributed by atoms with Crippen molar-refractivity contribution in [3.05, 3.63) is 30.3 Å². The molecule has 3 heteroatoms. The molecule has 4 aliphatic rings. The van der Waals surface area contributed by atoms with Crippen LogP contribution in [0.3, 0.4) is 0 Å². The average molecular weight is 285 g/mol. The summed E-state index contributed by atoms with van der Waals surface area (Å²) < 4.78 is 0. The molecule has 4 atom stereocenters. The molecule has 112 valence electrons. The highest BCUT2D eigenvalue weighted by Gasteiger charge is 2.57. The topological polar surface area (TPSA) is 49.3 Å². The van der Waals surface area contributed by atoms with Gasteiger partial charge in [-0.05, 0) is 67.9 Å². The summed E-state index contributed by atoms with van der Waals surface area (Å²) in [7, 11) is 0. The monoisotopic (exact) mass is 285 g/mol. The number of aliphatic hydroxyl groups is 1. The summed E-state index contributed by atoms with van der Waals surface area (Å²) in [4.78, 5) is 12.4. The standard InChI is InChI=1S/C18H23NO2/c20-16(19-15-4-2-1-3-5-15)11-17-7-13-6-14(8-17)10-18(21,9-13)12-17/h1-5,13-14,21H,6-12H2,(H,19,20)/t13-,14+,17?,18?. The molecule has 5 rings (SSSR count). The van der Waals surface area contributed by atoms with E-state index in [2.05, 4.69) is 5.32 Å². The van der Waals surface area contributed by atoms with Gasteiger partial charge in [-0.15, -0.1) is 0 Å². The molecule has 0 spiro atoms. The highest BCUT2D eigenvalue weighted by atomic mass is 16.3. The van der Waals surface area contributed by atoms with Gasteiger partial charge in [-0.3, -0.25) is 4.79 Å². The van der Waals surface area contributed by atoms with Crippen molar-refractivity contribution in [1.29, 1.82) is 0 Å². The van der Waals surface area contributed by atoms with Crippen molar-refractivity contribution in [3.8, 4) is 0 Å². The van der Waals surface area contributed by atoms with Gasteiger partial charge in [0.2, 0.25) is 5.91 Å². The molecule has 0 aliphatic heterocycles. The third kappa shape index (κ3) is 2.48. The number of para-hydroxylation sites is 1. The van der Waals surface area contributed by atoms with Crippen molar-refractivity contribution < 1.29 is 9.90 Å². The minimum atomic E-state index is -0.475. The average Bonchev–Trinajstić information content (AvgIpc) is 2.35. The second-order valence-corrected chi connectivity index (χ2v) is 7.78. The van der Waals surface area contributed by atoms with Crippen LogP contribution in [-0.4, -0.2) is 16.6 Å². The van der Waals surface area contributed by atoms with Crippen LogP contribution in [0.15, 0.2) is 30.3 Å². The zero-order chi connectivity index (χ0) is 14.5. The molecule has 1 aromatic carbocycles. The molecule has 0 saturated heterocycles. The number of nitrogens with one attached hydrogen (secondary N) is 1. The van der Waals surface area contributed by atoms with Gasteiger partial charge in [-0.25, -0.2) is 0 Å². The summed E-state index contributed by atoms with van der Waals surface area (Å²) in [5.41, 5.74) is 0.445. The van der Waals surface area contributed by atoms with E-state index in [1.165, 1.54) is 6.42 Å². The Balaban J connectivity index is 1.48. The third-order valence-electron chi connectivity index (χ3n) is 5.74. The molecule has 1 amide bonds. The van der Waals surface area contributed by atoms with Gasteiger partial charge in [0.15, 0.2) is 0 Å². The lowest BCUT2D eigenvalue weighted by atomic mass is 9.47. The molecule has 0 heterocycles. The van der Waals surface area contributed by atoms with Crippen LogP contribution in [0.1, 0.15) is 44.9 Å². The molecule has 2 N–H and O–H groups in total. The number of amides is 1. The van der Waals surface area contributed by atoms with E-state index in [4.69, 9.17) is 0 Å². The highest BCUT2D eigenvalue weighted by molar-refractivity contribution is 5.91. The highest BCUT2D eigenvalue weighted by Crippen LogP contribution is 2.62. The van der Waals surface area contributed by atoms with Crippen LogP contribution in [0, 0.1) is 17.3 Å². The first-order valence-electron chi connectivity index (χ1n) is 8.12. The van der Waals surface area contributed by atoms with Gasteiger partial charge in [0, 0.05) is 12.1 Å². The largest absolute Gasteiger partial charge is 0.390 e. The zero-order valence-corrected chi connectivity index (χ0v) is 12.3. The Kier molecular flexibility index (Phi) is 2.90. The van der Waals surface area contributed by atoms with E-state index in [-0.39, 0.29) is 11.3 Å². The van der Waals surface area contributed by atoms with Gasteiger partial charge in [0.05, 0.1) is 5.60 Å². The summed E-state index contributed by atoms with van der Waals surface area (Å²) in [6.07, 6.45) is 6.86. The summed E-state index contributed by atoms with van der Waals surface area (Å²) in [5, 5.41) is 13.7. The minimum Gasteiger partial charge on any atom is -0.390 e. The van der Waals surface area contributed by atoms with E-state index in [0.717, 1.165) is 37.8 Å². The molecular weight excluding hydrogens is 262 g/mol. The number of anilines is 1. The number of hydrogen-bond donors (Lipinski definition) is 2. The molecule has 21 heavy (non-hydrogen) atoms. The Morgan fingerprint density at radius 1 is 1.14 bits per heavy atom. The lowest BCUT2D eigenvalue weighted by Crippen LogP contribution is -2.56. The quantitative estimate of drug-likeness (QED) is 0.894. The van der Waals surface area contributed by atoms with E-state index in [0.29, 0.717) is 18.3 Å². The molecule has 4 fully saturated rings. The van der Waals surface area contributed by atoms with E-state index < -0.39 is 5.60 Å². The predicted molar refractivity (Wildman–Crippen MR) is 81.8 cm³/mol. The van der Waals surface area contributed by atoms with Crippen molar-refractivity contribution in [2.75, 3.05) is 5.32 Å². The SMILES string of the molecule is O=C(CC12C[C@@H]3C[C@@H](CC(O)(C3)C1)C2)Nc1ccccc1. The second-order valence-electron chi connectivity index (χ2n) is 7.78. The van der Waals surface area contributed by atoms with Crippen molar-refractivity contribution >= 4 is 11.6 Å². The smallest absolute Gasteiger partial charge is 0.224 e. The summed E-state index contributed by atoms with van der Waals surface area (Å²) in [6, 6.07) is 9.66. The molecule has 4 saturated carbocycles. The fourth-order valence-electron chi connectivity index (χ4n) is 5.68. The molecule has 4 aliphatic carbocycles. The van der Waals surface area contributed by atoms with Crippen molar-refractivity contribution in [2.45, 2.75) is 50.5 Å². The van der Waals surface area contributed by atoms with Gasteiger partial charge in [0.1, 0.15) is 0 Å². The number of benzene rings is 1. The first kappa shape index (κ1) is 13.3. The fourth-order valence-corrected chi connectivity index (χ4v) is 5.68. The second kappa shape index (κ2) is 4.57. The maximum atomic E-state index is 12.4. The van der Waals surface area contributed by atoms with Gasteiger partial charge in [0.25, 0.3) is 0 Å². The Morgan fingerprint density at radius 2 is 1.81 bits per heavy atom. The van der Waals surface area contributed by atoms with Gasteiger partial charge in [-0.2, -0.15) is 0 Å². The van der Waals surface area contributed by atoms with Gasteiger partial charge < -0.3 is 10.4 Å². The number of carbonyl (C=O) groups excluding carboxylic acids is 1. The fraction of sp³-hybridized carbons (Fsp3) is 0.611. The zero-order valence-electron chi connectivity index (χ0n) is 12.3. The van der Waals surface area contributed by atoms with Crippen LogP contribution >= 0.6 is 0 Å². The molecule has 1 aromatic rings. The predicted octanol–water partition coefficient (Wildman–Crippen LogP) is 3.35. The maximum Gasteiger partial charge on any atom is 0.224 e. The van der Waals surface area contributed by atoms with Gasteiger partial charge >= 0.3 is 0 Å². The third-order valence-corrected chi connectivity index (χ3v) is 5.74. The van der Waals surface area contributed by atoms with Crippen molar-refractivity contribution in [1.82, 2.24) is 0 Å². The normalized spacial score (nSPS) is 40.2. The van der Waals surface area contributed by atoms with E-state index >= 15 is 0 Å². The van der Waals surface area contributed by atoms with Crippen LogP contribution < -0.4 is 5.32 Å². The van der Waals surface area contributed by atoms with Crippen LogP contribution in [0.25, 0.3) is 0 Å². The Bertz CT molecular complexity index is 540. The molecule has 3 nitrogen and oxygen atoms in total. The first-order valence-corrected chi connectivity index (χ1v) is 8.12. The number of hydrogen-bond acceptors (Lipinski definition) is 2. The summed E-state index contributed by atoms with van der Waals surface area (Å²) >= 11 is 0. The molecule has 0 aromatic heterocycles. The lowest BCUT2D eigenvalue weighted by molar-refractivity contribution is -0.167. The van der Waals surface area contributed by atoms with E-state index in [9.17, 15) is 9.90 Å². The Hall–Kier alpha value is -1.35. The minimum absolute atomic E-state index is 0.0533. The summed E-state index contributed by atoms with van der Waals surface area (Å²) in [6.45, 7) is 0. The Labute approximate surface area is 125 Å². The first-order chi connectivity index (χ1) is 10.0. The molecular formula is C18H23NO2. The maximum absolute atomic E-state index is 12.4. The number of carbonyl (C=O) groups is 1. The summed E-state index contributed by atoms with van der Waals surface area (Å²) in [5.74, 6) is 1.38. The van der Waals surface area contributed by atoms with Crippen LogP contribution in [0.5, 0.6) is 0 Å². The van der Waals surface area contributed by atoms with Crippen LogP contribution in [0.4, 0.5) is 5.69 Å².